The van der Waals surface area contributed by atoms with E-state index in [4.69, 9.17) is 16.3 Å². The van der Waals surface area contributed by atoms with Crippen molar-refractivity contribution in [3.63, 3.8) is 0 Å². The van der Waals surface area contributed by atoms with Crippen LogP contribution in [0.2, 0.25) is 5.02 Å². The van der Waals surface area contributed by atoms with Gasteiger partial charge in [-0.25, -0.2) is 0 Å². The van der Waals surface area contributed by atoms with Crippen LogP contribution in [0.25, 0.3) is 0 Å². The van der Waals surface area contributed by atoms with Crippen molar-refractivity contribution in [2.75, 3.05) is 13.2 Å². The Hall–Kier alpha value is -2.04. The second-order valence-electron chi connectivity index (χ2n) is 8.43. The molecule has 1 atom stereocenters. The van der Waals surface area contributed by atoms with Crippen LogP contribution in [0.4, 0.5) is 0 Å². The predicted molar refractivity (Wildman–Crippen MR) is 116 cm³/mol. The molecule has 0 spiro atoms. The van der Waals surface area contributed by atoms with Crippen molar-refractivity contribution >= 4 is 17.5 Å². The highest BCUT2D eigenvalue weighted by Gasteiger charge is 2.22. The number of fused-ring (bicyclic) bond motifs is 1. The van der Waals surface area contributed by atoms with Crippen molar-refractivity contribution in [2.45, 2.75) is 52.2 Å². The molecule has 2 aromatic carbocycles. The average Bonchev–Trinajstić information content (AvgIpc) is 3.51. The van der Waals surface area contributed by atoms with Gasteiger partial charge in [0, 0.05) is 26.6 Å². The number of hydrogen-bond donors (Lipinski definition) is 1. The molecule has 0 bridgehead atoms. The van der Waals surface area contributed by atoms with Gasteiger partial charge in [0.2, 0.25) is 5.91 Å². The first-order valence-corrected chi connectivity index (χ1v) is 10.9. The normalized spacial score (nSPS) is 17.5. The number of nitrogens with one attached hydrogen (secondary N) is 1. The van der Waals surface area contributed by atoms with E-state index in [0.29, 0.717) is 5.02 Å². The van der Waals surface area contributed by atoms with Crippen LogP contribution in [0.5, 0.6) is 5.75 Å². The molecule has 1 aliphatic heterocycles. The van der Waals surface area contributed by atoms with E-state index in [1.165, 1.54) is 35.1 Å². The molecule has 5 heteroatoms. The molecule has 1 N–H and O–H groups in total. The maximum atomic E-state index is 11.3. The molecule has 0 aromatic heterocycles. The minimum Gasteiger partial charge on any atom is -0.492 e. The summed E-state index contributed by atoms with van der Waals surface area (Å²) in [6.07, 6.45) is 3.58. The molecule has 29 heavy (non-hydrogen) atoms. The van der Waals surface area contributed by atoms with Gasteiger partial charge in [0.1, 0.15) is 5.75 Å². The van der Waals surface area contributed by atoms with E-state index >= 15 is 0 Å². The summed E-state index contributed by atoms with van der Waals surface area (Å²) in [7, 11) is 0. The lowest BCUT2D eigenvalue weighted by Gasteiger charge is -2.29. The Kier molecular flexibility index (Phi) is 6.12. The number of hydrogen-bond acceptors (Lipinski definition) is 3. The topological polar surface area (TPSA) is 41.6 Å². The Labute approximate surface area is 178 Å². The molecule has 1 aliphatic carbocycles. The Balaban J connectivity index is 1.37. The first kappa shape index (κ1) is 20.2. The van der Waals surface area contributed by atoms with Crippen LogP contribution in [0.3, 0.4) is 0 Å². The summed E-state index contributed by atoms with van der Waals surface area (Å²) in [5.41, 5.74) is 5.14. The van der Waals surface area contributed by atoms with Crippen LogP contribution in [0.1, 0.15) is 55.0 Å². The average molecular weight is 413 g/mol. The second kappa shape index (κ2) is 8.76. The van der Waals surface area contributed by atoms with E-state index < -0.39 is 0 Å². The molecule has 4 rings (SSSR count). The molecule has 0 radical (unpaired) electrons. The third-order valence-electron chi connectivity index (χ3n) is 5.82. The lowest BCUT2D eigenvalue weighted by atomic mass is 9.95. The molecular weight excluding hydrogens is 384 g/mol. The molecule has 2 aromatic rings. The van der Waals surface area contributed by atoms with E-state index in [1.54, 1.807) is 6.92 Å². The Bertz CT molecular complexity index is 894. The van der Waals surface area contributed by atoms with E-state index in [-0.39, 0.29) is 11.9 Å². The van der Waals surface area contributed by atoms with Crippen molar-refractivity contribution in [1.82, 2.24) is 10.2 Å². The minimum absolute atomic E-state index is 0.00372. The van der Waals surface area contributed by atoms with Gasteiger partial charge in [-0.3, -0.25) is 9.69 Å². The minimum atomic E-state index is 0.00372. The van der Waals surface area contributed by atoms with Crippen LogP contribution >= 0.6 is 11.6 Å². The Morgan fingerprint density at radius 1 is 1.24 bits per heavy atom. The van der Waals surface area contributed by atoms with Gasteiger partial charge in [-0.05, 0) is 66.5 Å². The zero-order valence-electron chi connectivity index (χ0n) is 17.2. The third kappa shape index (κ3) is 5.31. The zero-order valence-corrected chi connectivity index (χ0v) is 18.0. The first-order valence-electron chi connectivity index (χ1n) is 10.5. The fraction of sp³-hybridized carbons (Fsp3) is 0.458. The molecule has 1 heterocycles. The molecule has 4 nitrogen and oxygen atoms in total. The third-order valence-corrected chi connectivity index (χ3v) is 6.11. The largest absolute Gasteiger partial charge is 0.492 e. The molecule has 1 saturated carbocycles. The first-order chi connectivity index (χ1) is 14.0. The number of nitrogens with zero attached hydrogens (tertiary/aromatic N) is 1. The van der Waals surface area contributed by atoms with Gasteiger partial charge in [-0.2, -0.15) is 0 Å². The zero-order chi connectivity index (χ0) is 20.4. The van der Waals surface area contributed by atoms with Crippen LogP contribution in [0, 0.1) is 5.92 Å². The molecule has 1 unspecified atom stereocenters. The van der Waals surface area contributed by atoms with Crippen molar-refractivity contribution in [1.29, 1.82) is 0 Å². The monoisotopic (exact) mass is 412 g/mol. The molecular formula is C24H29ClN2O2. The summed E-state index contributed by atoms with van der Waals surface area (Å²) in [6.45, 7) is 7.20. The fourth-order valence-electron chi connectivity index (χ4n) is 3.93. The van der Waals surface area contributed by atoms with Gasteiger partial charge in [0.25, 0.3) is 0 Å². The standard InChI is InChI=1S/C24H29ClN2O2/c1-16(26-17(2)28)20-6-7-22-14-27(10-9-21(22)12-20)13-19-5-8-24(23(25)11-19)29-15-18-3-4-18/h5-8,11-12,16,18H,3-4,9-10,13-15H2,1-2H3,(H,26,28). The maximum Gasteiger partial charge on any atom is 0.217 e. The van der Waals surface area contributed by atoms with E-state index in [9.17, 15) is 4.79 Å². The molecule has 0 saturated heterocycles. The summed E-state index contributed by atoms with van der Waals surface area (Å²) < 4.78 is 5.83. The SMILES string of the molecule is CC(=O)NC(C)c1ccc2c(c1)CCN(Cc1ccc(OCC3CC3)c(Cl)c1)C2. The van der Waals surface area contributed by atoms with Crippen molar-refractivity contribution in [3.8, 4) is 5.75 Å². The van der Waals surface area contributed by atoms with E-state index in [1.807, 2.05) is 19.1 Å². The number of rotatable bonds is 7. The molecule has 1 amide bonds. The van der Waals surface area contributed by atoms with Gasteiger partial charge in [-0.15, -0.1) is 0 Å². The quantitative estimate of drug-likeness (QED) is 0.704. The van der Waals surface area contributed by atoms with Gasteiger partial charge in [0.15, 0.2) is 0 Å². The second-order valence-corrected chi connectivity index (χ2v) is 8.84. The van der Waals surface area contributed by atoms with Crippen molar-refractivity contribution < 1.29 is 9.53 Å². The predicted octanol–water partition coefficient (Wildman–Crippen LogP) is 4.88. The summed E-state index contributed by atoms with van der Waals surface area (Å²) in [5.74, 6) is 1.53. The van der Waals surface area contributed by atoms with Crippen LogP contribution < -0.4 is 10.1 Å². The number of amides is 1. The van der Waals surface area contributed by atoms with E-state index in [2.05, 4.69) is 34.5 Å². The van der Waals surface area contributed by atoms with Gasteiger partial charge in [-0.1, -0.05) is 35.9 Å². The molecule has 154 valence electrons. The molecule has 2 aliphatic rings. The number of carbonyl (C=O) groups is 1. The van der Waals surface area contributed by atoms with Gasteiger partial charge >= 0.3 is 0 Å². The van der Waals surface area contributed by atoms with E-state index in [0.717, 1.165) is 44.3 Å². The number of ether oxygens (including phenoxy) is 1. The highest BCUT2D eigenvalue weighted by atomic mass is 35.5. The lowest BCUT2D eigenvalue weighted by Crippen LogP contribution is -2.30. The summed E-state index contributed by atoms with van der Waals surface area (Å²) >= 11 is 6.44. The number of benzene rings is 2. The maximum absolute atomic E-state index is 11.3. The van der Waals surface area contributed by atoms with Crippen LogP contribution in [-0.4, -0.2) is 24.0 Å². The summed E-state index contributed by atoms with van der Waals surface area (Å²) in [4.78, 5) is 13.8. The fourth-order valence-corrected chi connectivity index (χ4v) is 4.19. The highest BCUT2D eigenvalue weighted by Crippen LogP contribution is 2.32. The summed E-state index contributed by atoms with van der Waals surface area (Å²) in [5, 5.41) is 3.67. The Morgan fingerprint density at radius 3 is 2.79 bits per heavy atom. The van der Waals surface area contributed by atoms with Crippen LogP contribution in [0.15, 0.2) is 36.4 Å². The summed E-state index contributed by atoms with van der Waals surface area (Å²) in [6, 6.07) is 12.8. The van der Waals surface area contributed by atoms with Crippen molar-refractivity contribution in [3.05, 3.63) is 63.7 Å². The number of carbonyl (C=O) groups excluding carboxylic acids is 1. The number of halogens is 1. The van der Waals surface area contributed by atoms with Gasteiger partial charge in [0.05, 0.1) is 17.7 Å². The van der Waals surface area contributed by atoms with Crippen molar-refractivity contribution in [2.24, 2.45) is 5.92 Å². The Morgan fingerprint density at radius 2 is 2.07 bits per heavy atom. The lowest BCUT2D eigenvalue weighted by molar-refractivity contribution is -0.119. The highest BCUT2D eigenvalue weighted by molar-refractivity contribution is 6.32. The van der Waals surface area contributed by atoms with Gasteiger partial charge < -0.3 is 10.1 Å². The smallest absolute Gasteiger partial charge is 0.217 e. The molecule has 1 fully saturated rings. The van der Waals surface area contributed by atoms with Crippen LogP contribution in [-0.2, 0) is 24.3 Å².